The summed E-state index contributed by atoms with van der Waals surface area (Å²) in [5.74, 6) is 3.95. The number of piperidine rings is 1. The number of nitrogens with two attached hydrogens (primary N) is 1. The normalized spacial score (nSPS) is 24.7. The summed E-state index contributed by atoms with van der Waals surface area (Å²) < 4.78 is 8.09. The minimum atomic E-state index is -0.355. The molecule has 9 rings (SSSR count). The molecule has 2 unspecified atom stereocenters. The van der Waals surface area contributed by atoms with Crippen LogP contribution in [0.3, 0.4) is 0 Å². The van der Waals surface area contributed by atoms with Crippen molar-refractivity contribution in [1.29, 1.82) is 0 Å². The van der Waals surface area contributed by atoms with Crippen molar-refractivity contribution in [1.82, 2.24) is 30.0 Å². The number of anilines is 2. The van der Waals surface area contributed by atoms with Crippen LogP contribution in [0.5, 0.6) is 11.5 Å². The van der Waals surface area contributed by atoms with E-state index in [4.69, 9.17) is 15.6 Å². The monoisotopic (exact) mass is 646 g/mol. The first kappa shape index (κ1) is 30.6. The molecule has 0 spiro atoms. The van der Waals surface area contributed by atoms with E-state index in [1.54, 1.807) is 0 Å². The fourth-order valence-electron chi connectivity index (χ4n) is 9.20. The molecule has 4 aliphatic carbocycles. The summed E-state index contributed by atoms with van der Waals surface area (Å²) in [6.45, 7) is 6.92. The summed E-state index contributed by atoms with van der Waals surface area (Å²) in [5.41, 5.74) is 9.30. The minimum Gasteiger partial charge on any atom is -0.455 e. The highest BCUT2D eigenvalue weighted by molar-refractivity contribution is 6.02. The van der Waals surface area contributed by atoms with Crippen LogP contribution in [0.2, 0.25) is 0 Å². The molecule has 11 nitrogen and oxygen atoms in total. The van der Waals surface area contributed by atoms with Crippen molar-refractivity contribution in [3.8, 4) is 22.8 Å². The van der Waals surface area contributed by atoms with Gasteiger partial charge in [0.25, 0.3) is 0 Å². The summed E-state index contributed by atoms with van der Waals surface area (Å²) in [5, 5.41) is 11.8. The first-order valence-corrected chi connectivity index (χ1v) is 17.2. The number of carbonyl (C=O) groups is 2. The van der Waals surface area contributed by atoms with Crippen LogP contribution in [0.4, 0.5) is 11.5 Å². The zero-order chi connectivity index (χ0) is 32.8. The molecule has 1 saturated heterocycles. The van der Waals surface area contributed by atoms with E-state index in [1.165, 1.54) is 38.1 Å². The van der Waals surface area contributed by atoms with Gasteiger partial charge in [-0.3, -0.25) is 9.59 Å². The first-order chi connectivity index (χ1) is 23.4. The van der Waals surface area contributed by atoms with Crippen LogP contribution in [-0.4, -0.2) is 62.6 Å². The molecule has 1 aliphatic heterocycles. The van der Waals surface area contributed by atoms with Crippen LogP contribution in [0.15, 0.2) is 67.5 Å². The third-order valence-corrected chi connectivity index (χ3v) is 11.4. The Bertz CT molecular complexity index is 1850. The first-order valence-electron chi connectivity index (χ1n) is 17.2. The average molecular weight is 647 g/mol. The number of ether oxygens (including phenoxy) is 1. The largest absolute Gasteiger partial charge is 0.455 e. The van der Waals surface area contributed by atoms with Gasteiger partial charge in [-0.2, -0.15) is 5.10 Å². The number of benzene rings is 2. The van der Waals surface area contributed by atoms with Gasteiger partial charge in [-0.05, 0) is 98.1 Å². The zero-order valence-electron chi connectivity index (χ0n) is 27.1. The standard InChI is InChI=1S/C37H42N8O3/c1-2-31(46)42-29-18-23(8-9-30(29)48-28-6-4-3-5-7-28)34-33-35(38)40-22-41-36(33)45(43-34)27-10-13-44(14-11-27)15-12-39-32(47)21-37-19-24-16-26(37)17-25(24)20-37/h2-9,18,22,24-27H,1,10-17,19-21H2,(H,39,47)(H,42,46)(H2,38,40,41). The predicted octanol–water partition coefficient (Wildman–Crippen LogP) is 5.57. The van der Waals surface area contributed by atoms with Crippen LogP contribution < -0.4 is 21.1 Å². The molecule has 48 heavy (non-hydrogen) atoms. The lowest BCUT2D eigenvalue weighted by atomic mass is 9.78. The van der Waals surface area contributed by atoms with Crippen LogP contribution in [0, 0.1) is 23.2 Å². The maximum absolute atomic E-state index is 12.9. The number of nitrogen functional groups attached to an aromatic ring is 1. The molecule has 4 N–H and O–H groups in total. The summed E-state index contributed by atoms with van der Waals surface area (Å²) >= 11 is 0. The van der Waals surface area contributed by atoms with E-state index in [2.05, 4.69) is 32.1 Å². The molecule has 4 saturated carbocycles. The molecule has 4 bridgehead atoms. The smallest absolute Gasteiger partial charge is 0.247 e. The fourth-order valence-corrected chi connectivity index (χ4v) is 9.20. The molecule has 2 aromatic carbocycles. The van der Waals surface area contributed by atoms with Crippen molar-refractivity contribution in [2.75, 3.05) is 37.2 Å². The number of para-hydroxylation sites is 1. The van der Waals surface area contributed by atoms with Gasteiger partial charge in [0.2, 0.25) is 11.8 Å². The van der Waals surface area contributed by atoms with Crippen LogP contribution >= 0.6 is 0 Å². The zero-order valence-corrected chi connectivity index (χ0v) is 27.1. The number of hydrogen-bond acceptors (Lipinski definition) is 8. The quantitative estimate of drug-likeness (QED) is 0.180. The molecule has 11 heteroatoms. The Balaban J connectivity index is 0.954. The lowest BCUT2D eigenvalue weighted by molar-refractivity contribution is -0.123. The highest BCUT2D eigenvalue weighted by Crippen LogP contribution is 2.71. The Morgan fingerprint density at radius 3 is 2.54 bits per heavy atom. The number of hydrogen-bond donors (Lipinski definition) is 3. The van der Waals surface area contributed by atoms with Crippen LogP contribution in [0.1, 0.15) is 51.0 Å². The number of fused-ring (bicyclic) bond motifs is 1. The van der Waals surface area contributed by atoms with Crippen LogP contribution in [-0.2, 0) is 9.59 Å². The summed E-state index contributed by atoms with van der Waals surface area (Å²) in [7, 11) is 0. The van der Waals surface area contributed by atoms with Crippen molar-refractivity contribution in [2.45, 2.75) is 51.0 Å². The number of aromatic nitrogens is 4. The van der Waals surface area contributed by atoms with Gasteiger partial charge < -0.3 is 26.0 Å². The van der Waals surface area contributed by atoms with E-state index >= 15 is 0 Å². The van der Waals surface area contributed by atoms with Gasteiger partial charge >= 0.3 is 0 Å². The lowest BCUT2D eigenvalue weighted by Gasteiger charge is -2.32. The van der Waals surface area contributed by atoms with Gasteiger partial charge in [0.15, 0.2) is 11.4 Å². The second-order valence-corrected chi connectivity index (χ2v) is 14.1. The maximum Gasteiger partial charge on any atom is 0.247 e. The van der Waals surface area contributed by atoms with E-state index in [0.717, 1.165) is 62.2 Å². The van der Waals surface area contributed by atoms with Gasteiger partial charge in [-0.15, -0.1) is 0 Å². The third-order valence-electron chi connectivity index (χ3n) is 11.4. The van der Waals surface area contributed by atoms with Crippen molar-refractivity contribution < 1.29 is 14.3 Å². The van der Waals surface area contributed by atoms with Crippen molar-refractivity contribution in [3.63, 3.8) is 0 Å². The van der Waals surface area contributed by atoms with Crippen molar-refractivity contribution in [2.24, 2.45) is 23.2 Å². The molecular weight excluding hydrogens is 604 g/mol. The Hall–Kier alpha value is -4.77. The fraction of sp³-hybridized carbons (Fsp3) is 0.432. The second kappa shape index (κ2) is 12.4. The Morgan fingerprint density at radius 2 is 1.83 bits per heavy atom. The topological polar surface area (TPSA) is 140 Å². The molecule has 5 fully saturated rings. The predicted molar refractivity (Wildman–Crippen MR) is 184 cm³/mol. The van der Waals surface area contributed by atoms with Gasteiger partial charge in [-0.25, -0.2) is 14.6 Å². The van der Waals surface area contributed by atoms with Crippen molar-refractivity contribution in [3.05, 3.63) is 67.5 Å². The Labute approximate surface area is 279 Å². The van der Waals surface area contributed by atoms with Gasteiger partial charge in [0.05, 0.1) is 17.1 Å². The van der Waals surface area contributed by atoms with Gasteiger partial charge in [0, 0.05) is 38.2 Å². The van der Waals surface area contributed by atoms with E-state index in [0.29, 0.717) is 51.7 Å². The summed E-state index contributed by atoms with van der Waals surface area (Å²) in [6.07, 6.45) is 10.5. The highest BCUT2D eigenvalue weighted by Gasteiger charge is 2.63. The number of amides is 2. The maximum atomic E-state index is 12.9. The summed E-state index contributed by atoms with van der Waals surface area (Å²) in [6, 6.07) is 15.1. The molecule has 2 amide bonds. The molecule has 2 aromatic heterocycles. The Morgan fingerprint density at radius 1 is 1.06 bits per heavy atom. The average Bonchev–Trinajstić information content (AvgIpc) is 3.90. The number of carbonyl (C=O) groups excluding carboxylic acids is 2. The summed E-state index contributed by atoms with van der Waals surface area (Å²) in [4.78, 5) is 36.6. The van der Waals surface area contributed by atoms with E-state index in [-0.39, 0.29) is 17.9 Å². The second-order valence-electron chi connectivity index (χ2n) is 14.1. The minimum absolute atomic E-state index is 0.130. The number of rotatable bonds is 11. The molecule has 0 radical (unpaired) electrons. The molecule has 2 atom stereocenters. The van der Waals surface area contributed by atoms with E-state index in [9.17, 15) is 9.59 Å². The number of nitrogens with zero attached hydrogens (tertiary/aromatic N) is 5. The highest BCUT2D eigenvalue weighted by atomic mass is 16.5. The van der Waals surface area contributed by atoms with E-state index in [1.807, 2.05) is 53.2 Å². The number of nitrogens with one attached hydrogen (secondary N) is 2. The number of likely N-dealkylation sites (tertiary alicyclic amines) is 1. The van der Waals surface area contributed by atoms with Crippen LogP contribution in [0.25, 0.3) is 22.3 Å². The molecule has 5 aliphatic rings. The van der Waals surface area contributed by atoms with Crippen molar-refractivity contribution >= 4 is 34.4 Å². The third kappa shape index (κ3) is 5.59. The van der Waals surface area contributed by atoms with Gasteiger partial charge in [-0.1, -0.05) is 24.8 Å². The molecule has 248 valence electrons. The van der Waals surface area contributed by atoms with Gasteiger partial charge in [0.1, 0.15) is 23.6 Å². The molecule has 3 heterocycles. The van der Waals surface area contributed by atoms with E-state index < -0.39 is 0 Å². The lowest BCUT2D eigenvalue weighted by Crippen LogP contribution is -2.41. The Kier molecular flexibility index (Phi) is 7.86. The molecular formula is C37H42N8O3. The SMILES string of the molecule is C=CC(=O)Nc1cc(-c2nn(C3CCN(CCNC(=O)CC45CC6CC4CC6C5)CC3)c3ncnc(N)c23)ccc1Oc1ccccc1. The molecule has 4 aromatic rings.